The Balaban J connectivity index is 1.69. The third-order valence-corrected chi connectivity index (χ3v) is 6.80. The Hall–Kier alpha value is -3.83. The molecule has 0 bridgehead atoms. The number of hydrogen-bond acceptors (Lipinski definition) is 4. The highest BCUT2D eigenvalue weighted by Gasteiger charge is 2.12. The average molecular weight is 420 g/mol. The third-order valence-electron chi connectivity index (χ3n) is 5.67. The Bertz CT molecular complexity index is 1780. The summed E-state index contributed by atoms with van der Waals surface area (Å²) in [6.45, 7) is 1.98. The second kappa shape index (κ2) is 6.59. The van der Waals surface area contributed by atoms with Crippen LogP contribution in [-0.4, -0.2) is 9.38 Å². The first-order valence-electron chi connectivity index (χ1n) is 9.97. The van der Waals surface area contributed by atoms with Gasteiger partial charge in [-0.2, -0.15) is 0 Å². The zero-order valence-electron chi connectivity index (χ0n) is 16.6. The van der Waals surface area contributed by atoms with Crippen molar-refractivity contribution in [1.82, 2.24) is 9.38 Å². The van der Waals surface area contributed by atoms with Gasteiger partial charge in [-0.1, -0.05) is 42.0 Å². The van der Waals surface area contributed by atoms with E-state index in [9.17, 15) is 9.59 Å². The standard InChI is InChI=1S/C26H16N2O2S/c1-15-7-8-22-19(11-15)25(29)20-13-21-18(14-23(20)31-22)26(30)28-10-9-17(12-24(28)27-21)16-5-3-2-4-6-16/h2-14H,1H3. The minimum Gasteiger partial charge on any atom is -0.289 e. The lowest BCUT2D eigenvalue weighted by Crippen LogP contribution is -2.15. The van der Waals surface area contributed by atoms with Gasteiger partial charge < -0.3 is 0 Å². The van der Waals surface area contributed by atoms with Crippen molar-refractivity contribution < 1.29 is 0 Å². The summed E-state index contributed by atoms with van der Waals surface area (Å²) in [6, 6.07) is 23.3. The monoisotopic (exact) mass is 420 g/mol. The first-order valence-corrected chi connectivity index (χ1v) is 10.8. The topological polar surface area (TPSA) is 51.4 Å². The minimum atomic E-state index is -0.134. The number of hydrogen-bond donors (Lipinski definition) is 0. The van der Waals surface area contributed by atoms with Crippen LogP contribution in [0.5, 0.6) is 0 Å². The minimum absolute atomic E-state index is 0.0191. The molecule has 148 valence electrons. The largest absolute Gasteiger partial charge is 0.289 e. The number of aryl methyl sites for hydroxylation is 1. The number of fused-ring (bicyclic) bond motifs is 4. The van der Waals surface area contributed by atoms with Crippen molar-refractivity contribution in [2.24, 2.45) is 0 Å². The normalized spacial score (nSPS) is 11.6. The molecular weight excluding hydrogens is 404 g/mol. The van der Waals surface area contributed by atoms with Crippen molar-refractivity contribution in [1.29, 1.82) is 0 Å². The molecule has 6 rings (SSSR count). The highest BCUT2D eigenvalue weighted by molar-refractivity contribution is 7.24. The summed E-state index contributed by atoms with van der Waals surface area (Å²) in [7, 11) is 0. The molecule has 0 amide bonds. The molecule has 0 spiro atoms. The van der Waals surface area contributed by atoms with E-state index in [1.165, 1.54) is 11.3 Å². The molecule has 6 aromatic rings. The Morgan fingerprint density at radius 3 is 2.42 bits per heavy atom. The molecular formula is C26H16N2O2S. The van der Waals surface area contributed by atoms with Crippen LogP contribution in [0.3, 0.4) is 0 Å². The summed E-state index contributed by atoms with van der Waals surface area (Å²) in [4.78, 5) is 31.1. The van der Waals surface area contributed by atoms with Crippen LogP contribution in [-0.2, 0) is 0 Å². The molecule has 0 radical (unpaired) electrons. The summed E-state index contributed by atoms with van der Waals surface area (Å²) < 4.78 is 3.28. The lowest BCUT2D eigenvalue weighted by molar-refractivity contribution is 1.08. The fourth-order valence-electron chi connectivity index (χ4n) is 4.08. The first-order chi connectivity index (χ1) is 15.1. The quantitative estimate of drug-likeness (QED) is 0.328. The Kier molecular flexibility index (Phi) is 3.82. The fourth-order valence-corrected chi connectivity index (χ4v) is 5.15. The molecule has 3 aromatic heterocycles. The highest BCUT2D eigenvalue weighted by Crippen LogP contribution is 2.28. The molecule has 0 saturated carbocycles. The Morgan fingerprint density at radius 2 is 1.58 bits per heavy atom. The Morgan fingerprint density at radius 1 is 0.774 bits per heavy atom. The molecule has 0 aliphatic rings. The highest BCUT2D eigenvalue weighted by atomic mass is 32.1. The van der Waals surface area contributed by atoms with E-state index >= 15 is 0 Å². The van der Waals surface area contributed by atoms with Gasteiger partial charge in [0.05, 0.1) is 10.9 Å². The molecule has 31 heavy (non-hydrogen) atoms. The van der Waals surface area contributed by atoms with Crippen molar-refractivity contribution in [3.8, 4) is 11.1 Å². The van der Waals surface area contributed by atoms with Gasteiger partial charge >= 0.3 is 0 Å². The van der Waals surface area contributed by atoms with E-state index in [2.05, 4.69) is 0 Å². The third kappa shape index (κ3) is 2.78. The van der Waals surface area contributed by atoms with E-state index in [1.807, 2.05) is 73.7 Å². The summed E-state index contributed by atoms with van der Waals surface area (Å²) >= 11 is 1.53. The van der Waals surface area contributed by atoms with Gasteiger partial charge in [-0.15, -0.1) is 11.3 Å². The fraction of sp³-hybridized carbons (Fsp3) is 0.0385. The van der Waals surface area contributed by atoms with Crippen LogP contribution >= 0.6 is 11.3 Å². The number of benzene rings is 3. The van der Waals surface area contributed by atoms with E-state index in [0.29, 0.717) is 27.3 Å². The summed E-state index contributed by atoms with van der Waals surface area (Å²) in [6.07, 6.45) is 1.77. The van der Waals surface area contributed by atoms with E-state index in [0.717, 1.165) is 26.1 Å². The van der Waals surface area contributed by atoms with Crippen LogP contribution in [0, 0.1) is 6.92 Å². The summed E-state index contributed by atoms with van der Waals surface area (Å²) in [5, 5.41) is 1.83. The SMILES string of the molecule is Cc1ccc2sc3cc4c(=O)n5ccc(-c6ccccc6)cc5nc4cc3c(=O)c2c1. The Labute approximate surface area is 180 Å². The van der Waals surface area contributed by atoms with Gasteiger partial charge in [0, 0.05) is 26.4 Å². The van der Waals surface area contributed by atoms with Crippen molar-refractivity contribution in [2.45, 2.75) is 6.92 Å². The zero-order valence-corrected chi connectivity index (χ0v) is 17.4. The van der Waals surface area contributed by atoms with Gasteiger partial charge in [-0.25, -0.2) is 4.98 Å². The zero-order chi connectivity index (χ0) is 21.1. The van der Waals surface area contributed by atoms with E-state index < -0.39 is 0 Å². The molecule has 4 nitrogen and oxygen atoms in total. The van der Waals surface area contributed by atoms with Gasteiger partial charge in [-0.05, 0) is 54.4 Å². The lowest BCUT2D eigenvalue weighted by atomic mass is 10.1. The maximum absolute atomic E-state index is 13.2. The van der Waals surface area contributed by atoms with E-state index in [4.69, 9.17) is 4.98 Å². The molecule has 0 unspecified atom stereocenters. The molecule has 0 saturated heterocycles. The van der Waals surface area contributed by atoms with Crippen molar-refractivity contribution in [2.75, 3.05) is 0 Å². The van der Waals surface area contributed by atoms with Crippen LogP contribution in [0.1, 0.15) is 5.56 Å². The van der Waals surface area contributed by atoms with Crippen molar-refractivity contribution >= 4 is 48.1 Å². The number of rotatable bonds is 1. The first kappa shape index (κ1) is 18.0. The van der Waals surface area contributed by atoms with Gasteiger partial charge in [0.25, 0.3) is 5.56 Å². The second-order valence-corrected chi connectivity index (χ2v) is 8.81. The predicted molar refractivity (Wildman–Crippen MR) is 128 cm³/mol. The van der Waals surface area contributed by atoms with Gasteiger partial charge in [0.1, 0.15) is 5.65 Å². The predicted octanol–water partition coefficient (Wildman–Crippen LogP) is 5.55. The van der Waals surface area contributed by atoms with Crippen molar-refractivity contribution in [3.05, 3.63) is 105 Å². The molecule has 0 N–H and O–H groups in total. The van der Waals surface area contributed by atoms with Crippen LogP contribution in [0.25, 0.3) is 47.8 Å². The van der Waals surface area contributed by atoms with E-state index in [1.54, 1.807) is 16.7 Å². The molecule has 0 aliphatic carbocycles. The van der Waals surface area contributed by atoms with Crippen LogP contribution in [0.15, 0.2) is 88.6 Å². The summed E-state index contributed by atoms with van der Waals surface area (Å²) in [5.41, 5.74) is 4.04. The smallest absolute Gasteiger partial charge is 0.265 e. The molecule has 3 heterocycles. The maximum atomic E-state index is 13.2. The molecule has 0 atom stereocenters. The van der Waals surface area contributed by atoms with Crippen LogP contribution < -0.4 is 11.0 Å². The van der Waals surface area contributed by atoms with Gasteiger partial charge in [0.2, 0.25) is 0 Å². The number of nitrogens with zero attached hydrogens (tertiary/aromatic N) is 2. The molecule has 5 heteroatoms. The van der Waals surface area contributed by atoms with Gasteiger partial charge in [-0.3, -0.25) is 14.0 Å². The number of aromatic nitrogens is 2. The molecule has 0 aliphatic heterocycles. The van der Waals surface area contributed by atoms with Crippen molar-refractivity contribution in [3.63, 3.8) is 0 Å². The van der Waals surface area contributed by atoms with Gasteiger partial charge in [0.15, 0.2) is 5.43 Å². The lowest BCUT2D eigenvalue weighted by Gasteiger charge is -2.08. The summed E-state index contributed by atoms with van der Waals surface area (Å²) in [5.74, 6) is 0. The molecule has 3 aromatic carbocycles. The number of pyridine rings is 1. The second-order valence-electron chi connectivity index (χ2n) is 7.72. The molecule has 0 fully saturated rings. The van der Waals surface area contributed by atoms with E-state index in [-0.39, 0.29) is 11.0 Å². The average Bonchev–Trinajstić information content (AvgIpc) is 2.80. The van der Waals surface area contributed by atoms with Crippen LogP contribution in [0.4, 0.5) is 0 Å². The van der Waals surface area contributed by atoms with Crippen LogP contribution in [0.2, 0.25) is 0 Å². The maximum Gasteiger partial charge on any atom is 0.265 e.